The average molecular weight is 295 g/mol. The first-order valence-corrected chi connectivity index (χ1v) is 6.67. The van der Waals surface area contributed by atoms with Gasteiger partial charge in [-0.25, -0.2) is 4.98 Å². The van der Waals surface area contributed by atoms with Crippen molar-refractivity contribution in [2.45, 2.75) is 26.4 Å². The molecular weight excluding hydrogens is 280 g/mol. The summed E-state index contributed by atoms with van der Waals surface area (Å²) in [4.78, 5) is 14.6. The van der Waals surface area contributed by atoms with Crippen molar-refractivity contribution in [2.24, 2.45) is 0 Å². The summed E-state index contributed by atoms with van der Waals surface area (Å²) >= 11 is 5.77. The minimum Gasteiger partial charge on any atom is -0.378 e. The van der Waals surface area contributed by atoms with Crippen LogP contribution in [0.25, 0.3) is 0 Å². The predicted molar refractivity (Wildman–Crippen MR) is 78.0 cm³/mol. The van der Waals surface area contributed by atoms with Gasteiger partial charge in [-0.2, -0.15) is 0 Å². The van der Waals surface area contributed by atoms with E-state index in [0.29, 0.717) is 12.2 Å². The van der Waals surface area contributed by atoms with Gasteiger partial charge in [0.15, 0.2) is 0 Å². The molecule has 0 saturated heterocycles. The maximum Gasteiger partial charge on any atom is 0.289 e. The van der Waals surface area contributed by atoms with Crippen LogP contribution in [0.15, 0.2) is 30.6 Å². The zero-order chi connectivity index (χ0) is 14.5. The molecule has 0 spiro atoms. The zero-order valence-electron chi connectivity index (χ0n) is 11.0. The molecule has 20 heavy (non-hydrogen) atoms. The monoisotopic (exact) mass is 294 g/mol. The average Bonchev–Trinajstić information content (AvgIpc) is 2.85. The van der Waals surface area contributed by atoms with Gasteiger partial charge in [0.25, 0.3) is 5.69 Å². The van der Waals surface area contributed by atoms with Crippen molar-refractivity contribution in [1.82, 2.24) is 9.55 Å². The molecule has 0 radical (unpaired) electrons. The van der Waals surface area contributed by atoms with Gasteiger partial charge in [0.05, 0.1) is 11.5 Å². The second kappa shape index (κ2) is 6.38. The van der Waals surface area contributed by atoms with E-state index in [1.54, 1.807) is 12.3 Å². The standard InChI is InChI=1S/C13H15ClN4O2/c1-2-6-17-7-5-15-13(17)9-16-10-3-4-11(14)12(8-10)18(19)20/h3-5,7-8,16H,2,6,9H2,1H3. The number of hydrogen-bond donors (Lipinski definition) is 1. The number of imidazole rings is 1. The summed E-state index contributed by atoms with van der Waals surface area (Å²) in [5, 5.41) is 14.1. The number of anilines is 1. The molecule has 1 N–H and O–H groups in total. The Labute approximate surface area is 121 Å². The zero-order valence-corrected chi connectivity index (χ0v) is 11.8. The quantitative estimate of drug-likeness (QED) is 0.654. The maximum absolute atomic E-state index is 10.8. The molecule has 106 valence electrons. The van der Waals surface area contributed by atoms with Gasteiger partial charge in [0, 0.05) is 30.7 Å². The molecule has 0 aliphatic heterocycles. The number of halogens is 1. The third-order valence-electron chi connectivity index (χ3n) is 2.86. The molecule has 0 saturated carbocycles. The Morgan fingerprint density at radius 1 is 1.50 bits per heavy atom. The highest BCUT2D eigenvalue weighted by Crippen LogP contribution is 2.27. The van der Waals surface area contributed by atoms with Crippen LogP contribution < -0.4 is 5.32 Å². The molecule has 0 amide bonds. The van der Waals surface area contributed by atoms with Gasteiger partial charge < -0.3 is 9.88 Å². The van der Waals surface area contributed by atoms with Gasteiger partial charge in [-0.05, 0) is 18.6 Å². The smallest absolute Gasteiger partial charge is 0.289 e. The molecule has 2 aromatic rings. The molecule has 2 rings (SSSR count). The Morgan fingerprint density at radius 2 is 2.30 bits per heavy atom. The Kier molecular flexibility index (Phi) is 4.57. The van der Waals surface area contributed by atoms with Crippen molar-refractivity contribution in [3.63, 3.8) is 0 Å². The maximum atomic E-state index is 10.8. The van der Waals surface area contributed by atoms with Gasteiger partial charge in [-0.3, -0.25) is 10.1 Å². The lowest BCUT2D eigenvalue weighted by Crippen LogP contribution is -2.08. The SMILES string of the molecule is CCCn1ccnc1CNc1ccc(Cl)c([N+](=O)[O-])c1. The minimum atomic E-state index is -0.495. The summed E-state index contributed by atoms with van der Waals surface area (Å²) in [7, 11) is 0. The van der Waals surface area contributed by atoms with Crippen LogP contribution in [0.1, 0.15) is 19.2 Å². The van der Waals surface area contributed by atoms with Crippen molar-refractivity contribution < 1.29 is 4.92 Å². The molecule has 7 heteroatoms. The molecule has 0 bridgehead atoms. The van der Waals surface area contributed by atoms with E-state index in [1.807, 2.05) is 6.20 Å². The van der Waals surface area contributed by atoms with E-state index in [0.717, 1.165) is 18.8 Å². The number of hydrogen-bond acceptors (Lipinski definition) is 4. The Morgan fingerprint density at radius 3 is 3.00 bits per heavy atom. The summed E-state index contributed by atoms with van der Waals surface area (Å²) in [6, 6.07) is 4.65. The minimum absolute atomic E-state index is 0.103. The number of nitrogens with one attached hydrogen (secondary N) is 1. The van der Waals surface area contributed by atoms with Crippen molar-refractivity contribution in [2.75, 3.05) is 5.32 Å². The fourth-order valence-electron chi connectivity index (χ4n) is 1.90. The van der Waals surface area contributed by atoms with Crippen LogP contribution in [0.2, 0.25) is 5.02 Å². The second-order valence-corrected chi connectivity index (χ2v) is 4.72. The highest BCUT2D eigenvalue weighted by molar-refractivity contribution is 6.32. The topological polar surface area (TPSA) is 73.0 Å². The fraction of sp³-hybridized carbons (Fsp3) is 0.308. The number of nitrogens with zero attached hydrogens (tertiary/aromatic N) is 3. The Hall–Kier alpha value is -2.08. The summed E-state index contributed by atoms with van der Waals surface area (Å²) in [5.74, 6) is 0.893. The van der Waals surface area contributed by atoms with Gasteiger partial charge >= 0.3 is 0 Å². The second-order valence-electron chi connectivity index (χ2n) is 4.31. The summed E-state index contributed by atoms with van der Waals surface area (Å²) in [6.45, 7) is 3.50. The Bertz CT molecular complexity index is 612. The van der Waals surface area contributed by atoms with Gasteiger partial charge in [0.1, 0.15) is 10.8 Å². The summed E-state index contributed by atoms with van der Waals surface area (Å²) < 4.78 is 2.05. The molecule has 0 unspecified atom stereocenters. The molecule has 0 aliphatic rings. The van der Waals surface area contributed by atoms with E-state index in [9.17, 15) is 10.1 Å². The fourth-order valence-corrected chi connectivity index (χ4v) is 2.08. The molecule has 1 aromatic carbocycles. The summed E-state index contributed by atoms with van der Waals surface area (Å²) in [5.41, 5.74) is 0.542. The van der Waals surface area contributed by atoms with E-state index in [2.05, 4.69) is 21.8 Å². The van der Waals surface area contributed by atoms with Crippen molar-refractivity contribution in [3.8, 4) is 0 Å². The molecule has 0 aliphatic carbocycles. The highest BCUT2D eigenvalue weighted by atomic mass is 35.5. The number of benzene rings is 1. The van der Waals surface area contributed by atoms with Crippen molar-refractivity contribution in [3.05, 3.63) is 51.6 Å². The van der Waals surface area contributed by atoms with E-state index < -0.39 is 4.92 Å². The van der Waals surface area contributed by atoms with Crippen LogP contribution in [-0.4, -0.2) is 14.5 Å². The normalized spacial score (nSPS) is 10.5. The first kappa shape index (κ1) is 14.3. The van der Waals surface area contributed by atoms with Crippen molar-refractivity contribution >= 4 is 23.0 Å². The first-order chi connectivity index (χ1) is 9.61. The number of rotatable bonds is 6. The largest absolute Gasteiger partial charge is 0.378 e. The predicted octanol–water partition coefficient (Wildman–Crippen LogP) is 3.47. The Balaban J connectivity index is 2.09. The molecule has 1 aromatic heterocycles. The lowest BCUT2D eigenvalue weighted by atomic mass is 10.3. The van der Waals surface area contributed by atoms with Gasteiger partial charge in [0.2, 0.25) is 0 Å². The number of aryl methyl sites for hydroxylation is 1. The molecular formula is C13H15ClN4O2. The van der Waals surface area contributed by atoms with E-state index in [-0.39, 0.29) is 10.7 Å². The molecule has 0 fully saturated rings. The van der Waals surface area contributed by atoms with Crippen LogP contribution in [0.5, 0.6) is 0 Å². The van der Waals surface area contributed by atoms with E-state index in [4.69, 9.17) is 11.6 Å². The lowest BCUT2D eigenvalue weighted by Gasteiger charge is -2.09. The van der Waals surface area contributed by atoms with E-state index in [1.165, 1.54) is 12.1 Å². The molecule has 0 atom stereocenters. The molecule has 1 heterocycles. The van der Waals surface area contributed by atoms with Gasteiger partial charge in [-0.1, -0.05) is 18.5 Å². The van der Waals surface area contributed by atoms with E-state index >= 15 is 0 Å². The lowest BCUT2D eigenvalue weighted by molar-refractivity contribution is -0.384. The highest BCUT2D eigenvalue weighted by Gasteiger charge is 2.12. The number of nitro groups is 1. The number of aromatic nitrogens is 2. The summed E-state index contributed by atoms with van der Waals surface area (Å²) in [6.07, 6.45) is 4.69. The van der Waals surface area contributed by atoms with Crippen molar-refractivity contribution in [1.29, 1.82) is 0 Å². The van der Waals surface area contributed by atoms with Crippen LogP contribution >= 0.6 is 11.6 Å². The van der Waals surface area contributed by atoms with Crippen LogP contribution in [0.3, 0.4) is 0 Å². The third-order valence-corrected chi connectivity index (χ3v) is 3.18. The van der Waals surface area contributed by atoms with Crippen LogP contribution in [0.4, 0.5) is 11.4 Å². The van der Waals surface area contributed by atoms with Crippen LogP contribution in [0, 0.1) is 10.1 Å². The van der Waals surface area contributed by atoms with Gasteiger partial charge in [-0.15, -0.1) is 0 Å². The first-order valence-electron chi connectivity index (χ1n) is 6.29. The third kappa shape index (κ3) is 3.27. The van der Waals surface area contributed by atoms with Crippen LogP contribution in [-0.2, 0) is 13.1 Å². The molecule has 6 nitrogen and oxygen atoms in total. The number of nitro benzene ring substituents is 1.